The van der Waals surface area contributed by atoms with Gasteiger partial charge in [0.15, 0.2) is 5.69 Å². The maximum atomic E-state index is 11.6. The van der Waals surface area contributed by atoms with Crippen molar-refractivity contribution in [3.63, 3.8) is 0 Å². The highest BCUT2D eigenvalue weighted by Crippen LogP contribution is 2.15. The van der Waals surface area contributed by atoms with Gasteiger partial charge in [0.05, 0.1) is 10.1 Å². The Labute approximate surface area is 121 Å². The van der Waals surface area contributed by atoms with E-state index in [1.54, 1.807) is 30.3 Å². The Balaban J connectivity index is 0.00000220. The number of benzene rings is 2. The Hall–Kier alpha value is -2.49. The van der Waals surface area contributed by atoms with Crippen molar-refractivity contribution in [2.24, 2.45) is 5.22 Å². The predicted molar refractivity (Wildman–Crippen MR) is 75.7 cm³/mol. The number of hydrogen-bond acceptors (Lipinski definition) is 4. The Morgan fingerprint density at radius 1 is 1.05 bits per heavy atom. The SMILES string of the molecule is O.O=S(=O)(O)c1ccc(N/N=[N+](\[O-])c2ccccc2)cc1. The lowest BCUT2D eigenvalue weighted by Crippen LogP contribution is -2.00. The van der Waals surface area contributed by atoms with Crippen molar-refractivity contribution in [3.05, 3.63) is 59.8 Å². The Morgan fingerprint density at radius 2 is 1.62 bits per heavy atom. The first kappa shape index (κ1) is 16.6. The maximum absolute atomic E-state index is 11.6. The third-order valence-corrected chi connectivity index (χ3v) is 3.27. The first-order chi connectivity index (χ1) is 9.47. The summed E-state index contributed by atoms with van der Waals surface area (Å²) in [5.74, 6) is 0. The van der Waals surface area contributed by atoms with E-state index in [0.29, 0.717) is 16.2 Å². The monoisotopic (exact) mass is 311 g/mol. The minimum atomic E-state index is -4.22. The molecule has 0 saturated heterocycles. The van der Waals surface area contributed by atoms with Gasteiger partial charge in [0.2, 0.25) is 0 Å². The van der Waals surface area contributed by atoms with Gasteiger partial charge in [-0.3, -0.25) is 4.55 Å². The van der Waals surface area contributed by atoms with Gasteiger partial charge < -0.3 is 10.7 Å². The van der Waals surface area contributed by atoms with Crippen LogP contribution in [0.3, 0.4) is 0 Å². The Bertz CT molecular complexity index is 714. The molecule has 112 valence electrons. The number of hydrogen-bond donors (Lipinski definition) is 2. The third kappa shape index (κ3) is 4.53. The molecule has 0 heterocycles. The van der Waals surface area contributed by atoms with Gasteiger partial charge in [0.25, 0.3) is 10.1 Å². The molecule has 4 N–H and O–H groups in total. The molecule has 0 saturated carbocycles. The lowest BCUT2D eigenvalue weighted by Gasteiger charge is -2.04. The zero-order chi connectivity index (χ0) is 14.6. The predicted octanol–water partition coefficient (Wildman–Crippen LogP) is 1.73. The van der Waals surface area contributed by atoms with E-state index in [4.69, 9.17) is 4.55 Å². The minimum Gasteiger partial charge on any atom is -0.691 e. The molecule has 0 aliphatic rings. The second-order valence-corrected chi connectivity index (χ2v) is 5.24. The molecule has 9 heteroatoms. The second kappa shape index (κ2) is 6.79. The zero-order valence-electron chi connectivity index (χ0n) is 10.7. The van der Waals surface area contributed by atoms with Gasteiger partial charge in [0.1, 0.15) is 5.69 Å². The number of nitrogens with one attached hydrogen (secondary N) is 1. The first-order valence-corrected chi connectivity index (χ1v) is 6.97. The van der Waals surface area contributed by atoms with Gasteiger partial charge in [-0.1, -0.05) is 18.2 Å². The lowest BCUT2D eigenvalue weighted by atomic mass is 10.3. The van der Waals surface area contributed by atoms with Crippen molar-refractivity contribution in [1.82, 2.24) is 0 Å². The molecular weight excluding hydrogens is 298 g/mol. The molecule has 0 bridgehead atoms. The highest BCUT2D eigenvalue weighted by molar-refractivity contribution is 7.85. The summed E-state index contributed by atoms with van der Waals surface area (Å²) >= 11 is 0. The van der Waals surface area contributed by atoms with Gasteiger partial charge >= 0.3 is 0 Å². The average molecular weight is 311 g/mol. The molecular formula is C12H13N3O5S. The van der Waals surface area contributed by atoms with Gasteiger partial charge in [-0.15, -0.1) is 10.3 Å². The van der Waals surface area contributed by atoms with Gasteiger partial charge in [-0.25, -0.2) is 0 Å². The van der Waals surface area contributed by atoms with E-state index in [1.165, 1.54) is 24.3 Å². The van der Waals surface area contributed by atoms with Gasteiger partial charge in [-0.2, -0.15) is 8.42 Å². The van der Waals surface area contributed by atoms with Crippen molar-refractivity contribution in [2.75, 3.05) is 5.43 Å². The molecule has 0 atom stereocenters. The van der Waals surface area contributed by atoms with Gasteiger partial charge in [0, 0.05) is 0 Å². The summed E-state index contributed by atoms with van der Waals surface area (Å²) in [6.45, 7) is 0. The number of para-hydroxylation sites is 1. The van der Waals surface area contributed by atoms with E-state index in [-0.39, 0.29) is 10.4 Å². The largest absolute Gasteiger partial charge is 0.691 e. The standard InChI is InChI=1S/C12H11N3O4S.H2O/c16-15(11-4-2-1-3-5-11)14-13-10-6-8-12(9-7-10)20(17,18)19;/h1-9,13H,(H,17,18,19);1H2/b15-14-;. The van der Waals surface area contributed by atoms with E-state index in [2.05, 4.69) is 10.6 Å². The van der Waals surface area contributed by atoms with Crippen LogP contribution >= 0.6 is 0 Å². The summed E-state index contributed by atoms with van der Waals surface area (Å²) in [6, 6.07) is 13.5. The fraction of sp³-hybridized carbons (Fsp3) is 0. The lowest BCUT2D eigenvalue weighted by molar-refractivity contribution is -0.439. The molecule has 0 spiro atoms. The van der Waals surface area contributed by atoms with Crippen LogP contribution < -0.4 is 5.43 Å². The fourth-order valence-corrected chi connectivity index (χ4v) is 1.90. The highest BCUT2D eigenvalue weighted by atomic mass is 32.2. The summed E-state index contributed by atoms with van der Waals surface area (Å²) in [6.07, 6.45) is 0. The van der Waals surface area contributed by atoms with Crippen LogP contribution in [0.4, 0.5) is 11.4 Å². The molecule has 0 aliphatic heterocycles. The Kier molecular flexibility index (Phi) is 5.36. The second-order valence-electron chi connectivity index (χ2n) is 3.82. The summed E-state index contributed by atoms with van der Waals surface area (Å²) in [4.78, 5) is 0.168. The first-order valence-electron chi connectivity index (χ1n) is 5.53. The molecule has 0 aliphatic carbocycles. The minimum absolute atomic E-state index is 0. The number of nitrogens with zero attached hydrogens (tertiary/aromatic N) is 2. The van der Waals surface area contributed by atoms with Crippen LogP contribution in [-0.2, 0) is 10.1 Å². The van der Waals surface area contributed by atoms with Crippen molar-refractivity contribution in [1.29, 1.82) is 0 Å². The zero-order valence-corrected chi connectivity index (χ0v) is 11.5. The smallest absolute Gasteiger partial charge is 0.294 e. The molecule has 2 aromatic carbocycles. The molecule has 0 radical (unpaired) electrons. The molecule has 21 heavy (non-hydrogen) atoms. The van der Waals surface area contributed by atoms with Crippen molar-refractivity contribution < 1.29 is 23.3 Å². The number of rotatable bonds is 4. The van der Waals surface area contributed by atoms with Crippen LogP contribution in [0.2, 0.25) is 0 Å². The van der Waals surface area contributed by atoms with Crippen LogP contribution in [0.5, 0.6) is 0 Å². The van der Waals surface area contributed by atoms with E-state index in [0.717, 1.165) is 0 Å². The molecule has 8 nitrogen and oxygen atoms in total. The van der Waals surface area contributed by atoms with Crippen LogP contribution in [0, 0.1) is 5.21 Å². The van der Waals surface area contributed by atoms with Crippen LogP contribution in [0.1, 0.15) is 0 Å². The fourth-order valence-electron chi connectivity index (χ4n) is 1.42. The highest BCUT2D eigenvalue weighted by Gasteiger charge is 2.09. The molecule has 0 amide bonds. The quantitative estimate of drug-likeness (QED) is 0.383. The Morgan fingerprint density at radius 3 is 2.14 bits per heavy atom. The summed E-state index contributed by atoms with van der Waals surface area (Å²) < 4.78 is 30.5. The number of anilines is 1. The van der Waals surface area contributed by atoms with E-state index in [9.17, 15) is 13.6 Å². The van der Waals surface area contributed by atoms with E-state index >= 15 is 0 Å². The topological polar surface area (TPSA) is 136 Å². The van der Waals surface area contributed by atoms with Crippen LogP contribution in [0.25, 0.3) is 0 Å². The molecule has 2 rings (SSSR count). The molecule has 0 fully saturated rings. The van der Waals surface area contributed by atoms with Gasteiger partial charge in [-0.05, 0) is 36.4 Å². The average Bonchev–Trinajstić information content (AvgIpc) is 2.45. The van der Waals surface area contributed by atoms with E-state index < -0.39 is 10.1 Å². The van der Waals surface area contributed by atoms with Crippen molar-refractivity contribution in [3.8, 4) is 0 Å². The maximum Gasteiger partial charge on any atom is 0.294 e. The third-order valence-electron chi connectivity index (χ3n) is 2.40. The molecule has 2 aromatic rings. The molecule has 0 aromatic heterocycles. The normalized spacial score (nSPS) is 11.6. The van der Waals surface area contributed by atoms with Crippen molar-refractivity contribution >= 4 is 21.5 Å². The summed E-state index contributed by atoms with van der Waals surface area (Å²) in [7, 11) is -4.22. The van der Waals surface area contributed by atoms with E-state index in [1.807, 2.05) is 0 Å². The van der Waals surface area contributed by atoms with Crippen LogP contribution in [-0.4, -0.2) is 23.3 Å². The molecule has 0 unspecified atom stereocenters. The summed E-state index contributed by atoms with van der Waals surface area (Å²) in [5, 5.41) is 15.2. The van der Waals surface area contributed by atoms with Crippen LogP contribution in [0.15, 0.2) is 64.7 Å². The summed E-state index contributed by atoms with van der Waals surface area (Å²) in [5.41, 5.74) is 3.25. The van der Waals surface area contributed by atoms with Crippen molar-refractivity contribution in [2.45, 2.75) is 4.90 Å².